The minimum absolute atomic E-state index is 0. The molecule has 110 valence electrons. The summed E-state index contributed by atoms with van der Waals surface area (Å²) < 4.78 is 0. The number of carbonyl (C=O) groups excluding carboxylic acids is 1. The molecule has 0 aliphatic carbocycles. The average molecular weight is 295 g/mol. The fraction of sp³-hybridized carbons (Fsp3) is 0.562. The van der Waals surface area contributed by atoms with Crippen molar-refractivity contribution in [3.05, 3.63) is 35.9 Å². The van der Waals surface area contributed by atoms with Gasteiger partial charge in [-0.05, 0) is 43.3 Å². The molecule has 0 saturated carbocycles. The highest BCUT2D eigenvalue weighted by atomic mass is 35.5. The summed E-state index contributed by atoms with van der Waals surface area (Å²) in [5, 5.41) is 3.44. The van der Waals surface area contributed by atoms with Gasteiger partial charge in [0.15, 0.2) is 0 Å². The van der Waals surface area contributed by atoms with Crippen LogP contribution in [-0.2, 0) is 11.2 Å². The summed E-state index contributed by atoms with van der Waals surface area (Å²) in [6.07, 6.45) is 2.69. The van der Waals surface area contributed by atoms with Crippen LogP contribution in [0.15, 0.2) is 30.3 Å². The molecule has 2 heterocycles. The zero-order valence-corrected chi connectivity index (χ0v) is 12.6. The molecule has 0 radical (unpaired) electrons. The van der Waals surface area contributed by atoms with E-state index >= 15 is 0 Å². The second kappa shape index (κ2) is 7.09. The standard InChI is InChI=1S/C16H22N2O.ClH/c19-16(7-6-13-4-2-1-3-5-13)18-9-8-14-10-17-11-15(14)12-18;/h1-5,14-15,17H,6-12H2;1H. The summed E-state index contributed by atoms with van der Waals surface area (Å²) in [6, 6.07) is 10.3. The van der Waals surface area contributed by atoms with Crippen molar-refractivity contribution in [3.8, 4) is 0 Å². The molecular formula is C16H23ClN2O. The summed E-state index contributed by atoms with van der Waals surface area (Å²) in [4.78, 5) is 14.3. The third-order valence-electron chi connectivity index (χ3n) is 4.53. The Balaban J connectivity index is 0.00000147. The Hall–Kier alpha value is -1.06. The van der Waals surface area contributed by atoms with Crippen molar-refractivity contribution in [2.45, 2.75) is 19.3 Å². The van der Waals surface area contributed by atoms with Crippen molar-refractivity contribution in [2.24, 2.45) is 11.8 Å². The maximum absolute atomic E-state index is 12.3. The van der Waals surface area contributed by atoms with E-state index in [0.29, 0.717) is 18.2 Å². The fourth-order valence-electron chi connectivity index (χ4n) is 3.32. The molecule has 2 aliphatic heterocycles. The molecule has 0 spiro atoms. The highest BCUT2D eigenvalue weighted by Gasteiger charge is 2.34. The molecule has 4 heteroatoms. The van der Waals surface area contributed by atoms with Crippen LogP contribution in [0, 0.1) is 11.8 Å². The molecule has 0 bridgehead atoms. The Bertz CT molecular complexity index is 437. The number of likely N-dealkylation sites (tertiary alicyclic amines) is 1. The molecule has 2 fully saturated rings. The number of halogens is 1. The van der Waals surface area contributed by atoms with E-state index in [0.717, 1.165) is 38.5 Å². The van der Waals surface area contributed by atoms with Crippen LogP contribution in [0.25, 0.3) is 0 Å². The average Bonchev–Trinajstić information content (AvgIpc) is 2.93. The van der Waals surface area contributed by atoms with Gasteiger partial charge in [-0.25, -0.2) is 0 Å². The normalized spacial score (nSPS) is 24.9. The summed E-state index contributed by atoms with van der Waals surface area (Å²) in [5.74, 6) is 1.82. The van der Waals surface area contributed by atoms with Gasteiger partial charge in [-0.2, -0.15) is 0 Å². The second-order valence-corrected chi connectivity index (χ2v) is 5.79. The van der Waals surface area contributed by atoms with E-state index in [9.17, 15) is 4.79 Å². The van der Waals surface area contributed by atoms with Crippen molar-refractivity contribution in [3.63, 3.8) is 0 Å². The predicted molar refractivity (Wildman–Crippen MR) is 83.1 cm³/mol. The van der Waals surface area contributed by atoms with Gasteiger partial charge in [0.25, 0.3) is 0 Å². The number of hydrogen-bond donors (Lipinski definition) is 1. The van der Waals surface area contributed by atoms with E-state index in [-0.39, 0.29) is 12.4 Å². The Labute approximate surface area is 127 Å². The monoisotopic (exact) mass is 294 g/mol. The Kier molecular flexibility index (Phi) is 5.44. The highest BCUT2D eigenvalue weighted by Crippen LogP contribution is 2.26. The first-order chi connectivity index (χ1) is 9.33. The number of amides is 1. The number of nitrogens with zero attached hydrogens (tertiary/aromatic N) is 1. The summed E-state index contributed by atoms with van der Waals surface area (Å²) in [7, 11) is 0. The maximum atomic E-state index is 12.3. The Morgan fingerprint density at radius 3 is 2.75 bits per heavy atom. The van der Waals surface area contributed by atoms with E-state index in [4.69, 9.17) is 0 Å². The molecule has 20 heavy (non-hydrogen) atoms. The lowest BCUT2D eigenvalue weighted by Crippen LogP contribution is -2.43. The van der Waals surface area contributed by atoms with Gasteiger partial charge in [0, 0.05) is 19.5 Å². The molecule has 1 aromatic carbocycles. The Morgan fingerprint density at radius 1 is 1.20 bits per heavy atom. The van der Waals surface area contributed by atoms with Gasteiger partial charge in [0.2, 0.25) is 5.91 Å². The highest BCUT2D eigenvalue weighted by molar-refractivity contribution is 5.85. The number of rotatable bonds is 3. The lowest BCUT2D eigenvalue weighted by molar-refractivity contribution is -0.133. The van der Waals surface area contributed by atoms with Crippen LogP contribution < -0.4 is 5.32 Å². The second-order valence-electron chi connectivity index (χ2n) is 5.79. The molecule has 2 unspecified atom stereocenters. The van der Waals surface area contributed by atoms with Gasteiger partial charge < -0.3 is 10.2 Å². The molecule has 3 nitrogen and oxygen atoms in total. The third kappa shape index (κ3) is 3.53. The van der Waals surface area contributed by atoms with Crippen molar-refractivity contribution in [1.82, 2.24) is 10.2 Å². The number of aryl methyl sites for hydroxylation is 1. The van der Waals surface area contributed by atoms with Crippen LogP contribution in [0.4, 0.5) is 0 Å². The van der Waals surface area contributed by atoms with E-state index < -0.39 is 0 Å². The first kappa shape index (κ1) is 15.3. The quantitative estimate of drug-likeness (QED) is 0.926. The van der Waals surface area contributed by atoms with Crippen LogP contribution in [0.2, 0.25) is 0 Å². The van der Waals surface area contributed by atoms with Gasteiger partial charge in [0.1, 0.15) is 0 Å². The van der Waals surface area contributed by atoms with Crippen molar-refractivity contribution in [2.75, 3.05) is 26.2 Å². The fourth-order valence-corrected chi connectivity index (χ4v) is 3.32. The number of carbonyl (C=O) groups is 1. The molecule has 2 saturated heterocycles. The number of piperidine rings is 1. The summed E-state index contributed by atoms with van der Waals surface area (Å²) in [5.41, 5.74) is 1.26. The van der Waals surface area contributed by atoms with Gasteiger partial charge >= 0.3 is 0 Å². The van der Waals surface area contributed by atoms with Gasteiger partial charge in [-0.3, -0.25) is 4.79 Å². The first-order valence-corrected chi connectivity index (χ1v) is 7.35. The molecule has 3 rings (SSSR count). The van der Waals surface area contributed by atoms with Crippen LogP contribution >= 0.6 is 12.4 Å². The van der Waals surface area contributed by atoms with Crippen molar-refractivity contribution < 1.29 is 4.79 Å². The number of nitrogens with one attached hydrogen (secondary N) is 1. The van der Waals surface area contributed by atoms with E-state index in [1.54, 1.807) is 0 Å². The van der Waals surface area contributed by atoms with Gasteiger partial charge in [0.05, 0.1) is 0 Å². The van der Waals surface area contributed by atoms with E-state index in [1.807, 2.05) is 18.2 Å². The predicted octanol–water partition coefficient (Wildman–Crippen LogP) is 2.11. The van der Waals surface area contributed by atoms with Gasteiger partial charge in [-0.15, -0.1) is 12.4 Å². The summed E-state index contributed by atoms with van der Waals surface area (Å²) in [6.45, 7) is 4.16. The largest absolute Gasteiger partial charge is 0.342 e. The zero-order chi connectivity index (χ0) is 13.1. The van der Waals surface area contributed by atoms with Crippen molar-refractivity contribution in [1.29, 1.82) is 0 Å². The minimum Gasteiger partial charge on any atom is -0.342 e. The first-order valence-electron chi connectivity index (χ1n) is 7.35. The van der Waals surface area contributed by atoms with E-state index in [1.165, 1.54) is 12.0 Å². The molecule has 2 aliphatic rings. The molecule has 1 amide bonds. The van der Waals surface area contributed by atoms with Gasteiger partial charge in [-0.1, -0.05) is 30.3 Å². The maximum Gasteiger partial charge on any atom is 0.222 e. The number of hydrogen-bond acceptors (Lipinski definition) is 2. The Morgan fingerprint density at radius 2 is 1.95 bits per heavy atom. The van der Waals surface area contributed by atoms with Crippen molar-refractivity contribution >= 4 is 18.3 Å². The zero-order valence-electron chi connectivity index (χ0n) is 11.8. The van der Waals surface area contributed by atoms with Crippen LogP contribution in [0.3, 0.4) is 0 Å². The number of fused-ring (bicyclic) bond motifs is 1. The smallest absolute Gasteiger partial charge is 0.222 e. The van der Waals surface area contributed by atoms with Crippen LogP contribution in [0.1, 0.15) is 18.4 Å². The van der Waals surface area contributed by atoms with Crippen LogP contribution in [-0.4, -0.2) is 37.0 Å². The lowest BCUT2D eigenvalue weighted by Gasteiger charge is -2.34. The number of benzene rings is 1. The third-order valence-corrected chi connectivity index (χ3v) is 4.53. The minimum atomic E-state index is 0. The lowest BCUT2D eigenvalue weighted by atomic mass is 9.88. The molecule has 0 aromatic heterocycles. The topological polar surface area (TPSA) is 32.3 Å². The molecule has 2 atom stereocenters. The molecule has 1 aromatic rings. The molecule has 1 N–H and O–H groups in total. The van der Waals surface area contributed by atoms with E-state index in [2.05, 4.69) is 22.3 Å². The van der Waals surface area contributed by atoms with Crippen LogP contribution in [0.5, 0.6) is 0 Å². The SMILES string of the molecule is Cl.O=C(CCc1ccccc1)N1CCC2CNCC2C1. The summed E-state index contributed by atoms with van der Waals surface area (Å²) >= 11 is 0. The molecular weight excluding hydrogens is 272 g/mol.